The fourth-order valence-electron chi connectivity index (χ4n) is 2.02. The summed E-state index contributed by atoms with van der Waals surface area (Å²) in [5, 5.41) is 0. The van der Waals surface area contributed by atoms with Crippen LogP contribution in [0.25, 0.3) is 0 Å². The highest BCUT2D eigenvalue weighted by molar-refractivity contribution is 5.86. The molecule has 136 valence electrons. The van der Waals surface area contributed by atoms with Gasteiger partial charge in [-0.3, -0.25) is 4.79 Å². The van der Waals surface area contributed by atoms with Crippen LogP contribution >= 0.6 is 0 Å². The van der Waals surface area contributed by atoms with Crippen LogP contribution < -0.4 is 0 Å². The Kier molecular flexibility index (Phi) is 8.06. The lowest BCUT2D eigenvalue weighted by Gasteiger charge is -2.29. The third-order valence-electron chi connectivity index (χ3n) is 3.47. The number of hydrogen-bond donors (Lipinski definition) is 0. The Hall–Kier alpha value is -1.28. The SMILES string of the molecule is C=CC(=O)N(CC)CCCCCCC(F)(C(F)(F)F)C(F)(F)F. The predicted octanol–water partition coefficient (Wildman–Crippen LogP) is 4.80. The van der Waals surface area contributed by atoms with Gasteiger partial charge in [-0.25, -0.2) is 4.39 Å². The Balaban J connectivity index is 4.29. The molecule has 2 nitrogen and oxygen atoms in total. The van der Waals surface area contributed by atoms with E-state index in [9.17, 15) is 35.5 Å². The number of carbonyl (C=O) groups is 1. The van der Waals surface area contributed by atoms with Gasteiger partial charge in [0.2, 0.25) is 5.91 Å². The molecule has 0 bridgehead atoms. The lowest BCUT2D eigenvalue weighted by molar-refractivity contribution is -0.343. The molecule has 0 saturated heterocycles. The molecule has 0 aliphatic rings. The molecule has 0 unspecified atom stereocenters. The molecule has 0 heterocycles. The van der Waals surface area contributed by atoms with Gasteiger partial charge in [0.05, 0.1) is 0 Å². The molecule has 0 atom stereocenters. The summed E-state index contributed by atoms with van der Waals surface area (Å²) in [6, 6.07) is 0. The maximum Gasteiger partial charge on any atom is 0.431 e. The Bertz CT molecular complexity index is 376. The molecule has 0 saturated carbocycles. The standard InChI is InChI=1S/C14H20F7NO/c1-3-11(23)22(4-2)10-8-6-5-7-9-12(15,13(16,17)18)14(19,20)21/h3H,1,4-10H2,2H3. The number of likely N-dealkylation sites (N-methyl/N-ethyl adjacent to an activating group) is 1. The predicted molar refractivity (Wildman–Crippen MR) is 71.5 cm³/mol. The van der Waals surface area contributed by atoms with Crippen LogP contribution in [0.5, 0.6) is 0 Å². The van der Waals surface area contributed by atoms with Crippen molar-refractivity contribution < 1.29 is 35.5 Å². The van der Waals surface area contributed by atoms with Crippen molar-refractivity contribution in [3.63, 3.8) is 0 Å². The Morgan fingerprint density at radius 3 is 1.83 bits per heavy atom. The fraction of sp³-hybridized carbons (Fsp3) is 0.786. The zero-order chi connectivity index (χ0) is 18.3. The average molecular weight is 351 g/mol. The molecule has 0 rings (SSSR count). The minimum Gasteiger partial charge on any atom is -0.339 e. The Morgan fingerprint density at radius 1 is 0.957 bits per heavy atom. The third kappa shape index (κ3) is 6.02. The molecule has 0 radical (unpaired) electrons. The van der Waals surface area contributed by atoms with Gasteiger partial charge in [-0.05, 0) is 32.3 Å². The number of amides is 1. The zero-order valence-corrected chi connectivity index (χ0v) is 12.7. The fourth-order valence-corrected chi connectivity index (χ4v) is 2.02. The van der Waals surface area contributed by atoms with Crippen LogP contribution in [-0.4, -0.2) is 41.9 Å². The first-order valence-electron chi connectivity index (χ1n) is 7.14. The van der Waals surface area contributed by atoms with E-state index < -0.39 is 30.9 Å². The van der Waals surface area contributed by atoms with Crippen LogP contribution in [0, 0.1) is 0 Å². The van der Waals surface area contributed by atoms with E-state index in [-0.39, 0.29) is 12.3 Å². The average Bonchev–Trinajstić information content (AvgIpc) is 2.43. The van der Waals surface area contributed by atoms with E-state index in [0.717, 1.165) is 6.08 Å². The second-order valence-electron chi connectivity index (χ2n) is 5.08. The number of hydrogen-bond acceptors (Lipinski definition) is 1. The highest BCUT2D eigenvalue weighted by atomic mass is 19.4. The van der Waals surface area contributed by atoms with E-state index in [2.05, 4.69) is 6.58 Å². The molecular formula is C14H20F7NO. The number of alkyl halides is 7. The number of unbranched alkanes of at least 4 members (excludes halogenated alkanes) is 3. The first-order valence-corrected chi connectivity index (χ1v) is 7.14. The zero-order valence-electron chi connectivity index (χ0n) is 12.7. The highest BCUT2D eigenvalue weighted by Crippen LogP contribution is 2.49. The molecule has 0 aromatic heterocycles. The van der Waals surface area contributed by atoms with Crippen molar-refractivity contribution in [2.24, 2.45) is 0 Å². The van der Waals surface area contributed by atoms with Crippen molar-refractivity contribution >= 4 is 5.91 Å². The van der Waals surface area contributed by atoms with Crippen molar-refractivity contribution in [1.82, 2.24) is 4.90 Å². The summed E-state index contributed by atoms with van der Waals surface area (Å²) >= 11 is 0. The molecule has 1 amide bonds. The minimum absolute atomic E-state index is 0.0116. The molecule has 9 heteroatoms. The van der Waals surface area contributed by atoms with Crippen LogP contribution in [-0.2, 0) is 4.79 Å². The lowest BCUT2D eigenvalue weighted by atomic mass is 9.96. The minimum atomic E-state index is -5.99. The normalized spacial score (nSPS) is 13.0. The van der Waals surface area contributed by atoms with E-state index >= 15 is 0 Å². The van der Waals surface area contributed by atoms with E-state index in [4.69, 9.17) is 0 Å². The molecule has 0 aliphatic carbocycles. The van der Waals surface area contributed by atoms with E-state index in [0.29, 0.717) is 25.9 Å². The molecule has 0 N–H and O–H groups in total. The molecule has 23 heavy (non-hydrogen) atoms. The van der Waals surface area contributed by atoms with Gasteiger partial charge in [-0.2, -0.15) is 26.3 Å². The number of carbonyl (C=O) groups excluding carboxylic acids is 1. The van der Waals surface area contributed by atoms with Crippen molar-refractivity contribution in [2.75, 3.05) is 13.1 Å². The van der Waals surface area contributed by atoms with Crippen LogP contribution in [0.4, 0.5) is 30.7 Å². The molecule has 0 spiro atoms. The number of nitrogens with zero attached hydrogens (tertiary/aromatic N) is 1. The van der Waals surface area contributed by atoms with Crippen LogP contribution in [0.1, 0.15) is 39.0 Å². The van der Waals surface area contributed by atoms with E-state index in [1.54, 1.807) is 6.92 Å². The first kappa shape index (κ1) is 21.7. The molecular weight excluding hydrogens is 331 g/mol. The molecule has 0 aromatic carbocycles. The second-order valence-corrected chi connectivity index (χ2v) is 5.08. The Morgan fingerprint density at radius 2 is 1.43 bits per heavy atom. The lowest BCUT2D eigenvalue weighted by Crippen LogP contribution is -2.53. The molecule has 0 aliphatic heterocycles. The van der Waals surface area contributed by atoms with Gasteiger partial charge in [-0.1, -0.05) is 19.4 Å². The van der Waals surface area contributed by atoms with Crippen LogP contribution in [0.2, 0.25) is 0 Å². The summed E-state index contributed by atoms with van der Waals surface area (Å²) in [5.41, 5.74) is -5.17. The van der Waals surface area contributed by atoms with Gasteiger partial charge in [0, 0.05) is 13.1 Å². The topological polar surface area (TPSA) is 20.3 Å². The summed E-state index contributed by atoms with van der Waals surface area (Å²) in [5.74, 6) is -0.301. The quantitative estimate of drug-likeness (QED) is 0.332. The first-order chi connectivity index (χ1) is 10.4. The summed E-state index contributed by atoms with van der Waals surface area (Å²) in [6.45, 7) is 5.78. The smallest absolute Gasteiger partial charge is 0.339 e. The molecule has 0 fully saturated rings. The van der Waals surface area contributed by atoms with Crippen molar-refractivity contribution in [3.8, 4) is 0 Å². The van der Waals surface area contributed by atoms with Gasteiger partial charge in [-0.15, -0.1) is 0 Å². The number of rotatable bonds is 9. The number of halogens is 7. The van der Waals surface area contributed by atoms with Gasteiger partial charge >= 0.3 is 12.4 Å². The maximum atomic E-state index is 13.3. The molecule has 0 aromatic rings. The monoisotopic (exact) mass is 351 g/mol. The van der Waals surface area contributed by atoms with Gasteiger partial charge in [0.1, 0.15) is 0 Å². The summed E-state index contributed by atoms with van der Waals surface area (Å²) < 4.78 is 87.2. The van der Waals surface area contributed by atoms with Crippen LogP contribution in [0.15, 0.2) is 12.7 Å². The van der Waals surface area contributed by atoms with Crippen LogP contribution in [0.3, 0.4) is 0 Å². The van der Waals surface area contributed by atoms with Crippen molar-refractivity contribution in [3.05, 3.63) is 12.7 Å². The van der Waals surface area contributed by atoms with Crippen molar-refractivity contribution in [2.45, 2.75) is 57.0 Å². The van der Waals surface area contributed by atoms with Crippen molar-refractivity contribution in [1.29, 1.82) is 0 Å². The summed E-state index contributed by atoms with van der Waals surface area (Å²) in [7, 11) is 0. The van der Waals surface area contributed by atoms with Gasteiger partial charge in [0.25, 0.3) is 5.67 Å². The maximum absolute atomic E-state index is 13.3. The van der Waals surface area contributed by atoms with Gasteiger partial charge in [0.15, 0.2) is 0 Å². The van der Waals surface area contributed by atoms with E-state index in [1.807, 2.05) is 0 Å². The highest BCUT2D eigenvalue weighted by Gasteiger charge is 2.71. The van der Waals surface area contributed by atoms with E-state index in [1.165, 1.54) is 4.90 Å². The summed E-state index contributed by atoms with van der Waals surface area (Å²) in [4.78, 5) is 12.8. The third-order valence-corrected chi connectivity index (χ3v) is 3.47. The second kappa shape index (κ2) is 8.54. The largest absolute Gasteiger partial charge is 0.431 e. The van der Waals surface area contributed by atoms with Gasteiger partial charge < -0.3 is 4.90 Å². The summed E-state index contributed by atoms with van der Waals surface area (Å²) in [6.07, 6.45) is -12.3. The Labute approximate surface area is 130 Å².